The van der Waals surface area contributed by atoms with E-state index in [0.29, 0.717) is 5.92 Å². The summed E-state index contributed by atoms with van der Waals surface area (Å²) in [4.78, 5) is 3.79. The number of anilines is 1. The lowest BCUT2D eigenvalue weighted by atomic mass is 9.63. The minimum atomic E-state index is -0.0476. The fourth-order valence-corrected chi connectivity index (χ4v) is 6.53. The van der Waals surface area contributed by atoms with Crippen LogP contribution in [0.2, 0.25) is 0 Å². The molecule has 3 aromatic rings. The molecule has 1 N–H and O–H groups in total. The topological polar surface area (TPSA) is 27.6 Å². The number of thiophene rings is 1. The molecule has 3 fully saturated rings. The molecule has 0 saturated heterocycles. The minimum Gasteiger partial charge on any atom is -0.298 e. The van der Waals surface area contributed by atoms with Crippen molar-refractivity contribution in [2.75, 3.05) is 4.90 Å². The van der Waals surface area contributed by atoms with Crippen molar-refractivity contribution < 1.29 is 0 Å². The highest BCUT2D eigenvalue weighted by Gasteiger charge is 2.55. The number of hydrazone groups is 1. The number of fused-ring (bicyclic) bond motifs is 3. The number of benzene rings is 2. The summed E-state index contributed by atoms with van der Waals surface area (Å²) in [6, 6.07) is 21.8. The lowest BCUT2D eigenvalue weighted by molar-refractivity contribution is 0.0553. The monoisotopic (exact) mass is 373 g/mol. The molecular weight excluding hydrogens is 350 g/mol. The van der Waals surface area contributed by atoms with Crippen LogP contribution in [0.5, 0.6) is 0 Å². The Morgan fingerprint density at radius 1 is 0.963 bits per heavy atom. The fraction of sp³-hybridized carbons (Fsp3) is 0.348. The van der Waals surface area contributed by atoms with Crippen molar-refractivity contribution in [3.05, 3.63) is 65.5 Å². The minimum absolute atomic E-state index is 0.0476. The Labute approximate surface area is 163 Å². The highest BCUT2D eigenvalue weighted by molar-refractivity contribution is 7.21. The molecule has 0 amide bonds. The van der Waals surface area contributed by atoms with E-state index in [1.165, 1.54) is 52.8 Å². The van der Waals surface area contributed by atoms with Crippen LogP contribution in [0.1, 0.15) is 37.0 Å². The second-order valence-electron chi connectivity index (χ2n) is 8.21. The predicted octanol–water partition coefficient (Wildman–Crippen LogP) is 5.58. The van der Waals surface area contributed by atoms with Gasteiger partial charge in [0.15, 0.2) is 5.84 Å². The second-order valence-corrected chi connectivity index (χ2v) is 9.30. The van der Waals surface area contributed by atoms with Crippen molar-refractivity contribution in [3.8, 4) is 0 Å². The molecule has 1 atom stereocenters. The van der Waals surface area contributed by atoms with Crippen molar-refractivity contribution in [3.63, 3.8) is 0 Å². The zero-order chi connectivity index (χ0) is 17.8. The van der Waals surface area contributed by atoms with Gasteiger partial charge in [0.25, 0.3) is 0 Å². The van der Waals surface area contributed by atoms with E-state index in [4.69, 9.17) is 5.10 Å². The third kappa shape index (κ3) is 2.29. The van der Waals surface area contributed by atoms with Gasteiger partial charge in [0.2, 0.25) is 0 Å². The summed E-state index contributed by atoms with van der Waals surface area (Å²) in [7, 11) is 0. The lowest BCUT2D eigenvalue weighted by Gasteiger charge is -2.53. The van der Waals surface area contributed by atoms with E-state index < -0.39 is 0 Å². The van der Waals surface area contributed by atoms with Gasteiger partial charge in [-0.3, -0.25) is 10.3 Å². The van der Waals surface area contributed by atoms with Gasteiger partial charge in [-0.25, -0.2) is 0 Å². The molecule has 0 unspecified atom stereocenters. The molecule has 4 heteroatoms. The van der Waals surface area contributed by atoms with Crippen LogP contribution in [0.25, 0.3) is 10.1 Å². The molecule has 7 rings (SSSR count). The molecule has 3 saturated carbocycles. The largest absolute Gasteiger partial charge is 0.298 e. The number of amidine groups is 1. The van der Waals surface area contributed by atoms with Gasteiger partial charge < -0.3 is 0 Å². The van der Waals surface area contributed by atoms with Crippen LogP contribution in [0.4, 0.5) is 5.69 Å². The summed E-state index contributed by atoms with van der Waals surface area (Å²) in [6.07, 6.45) is 6.60. The van der Waals surface area contributed by atoms with Crippen molar-refractivity contribution in [2.45, 2.75) is 37.8 Å². The number of nitrogens with one attached hydrogen (secondary N) is 1. The Hall–Kier alpha value is -2.33. The molecule has 2 aromatic carbocycles. The van der Waals surface area contributed by atoms with Gasteiger partial charge >= 0.3 is 0 Å². The van der Waals surface area contributed by atoms with Crippen LogP contribution < -0.4 is 10.3 Å². The van der Waals surface area contributed by atoms with Crippen LogP contribution in [0.3, 0.4) is 0 Å². The predicted molar refractivity (Wildman–Crippen MR) is 113 cm³/mol. The van der Waals surface area contributed by atoms with Crippen molar-refractivity contribution in [1.29, 1.82) is 0 Å². The van der Waals surface area contributed by atoms with Crippen molar-refractivity contribution in [1.82, 2.24) is 5.43 Å². The normalized spacial score (nSPS) is 29.3. The summed E-state index contributed by atoms with van der Waals surface area (Å²) < 4.78 is 1.33. The van der Waals surface area contributed by atoms with Crippen LogP contribution in [0.15, 0.2) is 65.8 Å². The van der Waals surface area contributed by atoms with Crippen LogP contribution in [-0.4, -0.2) is 11.5 Å². The molecule has 4 aliphatic rings. The zero-order valence-corrected chi connectivity index (χ0v) is 16.1. The van der Waals surface area contributed by atoms with Gasteiger partial charge in [0.1, 0.15) is 5.66 Å². The molecule has 3 nitrogen and oxygen atoms in total. The van der Waals surface area contributed by atoms with Gasteiger partial charge in [0, 0.05) is 16.3 Å². The molecule has 1 aromatic heterocycles. The first-order valence-corrected chi connectivity index (χ1v) is 10.8. The van der Waals surface area contributed by atoms with Gasteiger partial charge in [-0.1, -0.05) is 36.4 Å². The molecule has 2 bridgehead atoms. The molecule has 0 radical (unpaired) electrons. The molecule has 27 heavy (non-hydrogen) atoms. The Morgan fingerprint density at radius 2 is 1.74 bits per heavy atom. The van der Waals surface area contributed by atoms with E-state index in [9.17, 15) is 0 Å². The Balaban J connectivity index is 1.49. The maximum atomic E-state index is 4.96. The average molecular weight is 374 g/mol. The van der Waals surface area contributed by atoms with E-state index >= 15 is 0 Å². The zero-order valence-electron chi connectivity index (χ0n) is 15.3. The summed E-state index contributed by atoms with van der Waals surface area (Å²) in [6.45, 7) is 0. The number of hydrogen-bond donors (Lipinski definition) is 1. The SMILES string of the molecule is c1ccc(N2C(c3cc4ccccc4s3)=NN[C@]23CC2CCC3CC2)cc1. The first-order chi connectivity index (χ1) is 13.3. The van der Waals surface area contributed by atoms with E-state index in [1.54, 1.807) is 0 Å². The number of nitrogens with zero attached hydrogens (tertiary/aromatic N) is 2. The first kappa shape index (κ1) is 15.7. The third-order valence-corrected chi connectivity index (χ3v) is 7.86. The van der Waals surface area contributed by atoms with Gasteiger partial charge in [-0.05, 0) is 67.7 Å². The molecule has 2 heterocycles. The summed E-state index contributed by atoms with van der Waals surface area (Å²) >= 11 is 1.85. The first-order valence-electron chi connectivity index (χ1n) is 10.0. The maximum absolute atomic E-state index is 4.96. The van der Waals surface area contributed by atoms with Crippen LogP contribution >= 0.6 is 11.3 Å². The Morgan fingerprint density at radius 3 is 2.48 bits per heavy atom. The summed E-state index contributed by atoms with van der Waals surface area (Å²) in [5, 5.41) is 6.26. The summed E-state index contributed by atoms with van der Waals surface area (Å²) in [5.74, 6) is 2.58. The van der Waals surface area contributed by atoms with Crippen molar-refractivity contribution >= 4 is 32.9 Å². The van der Waals surface area contributed by atoms with Gasteiger partial charge in [-0.15, -0.1) is 11.3 Å². The van der Waals surface area contributed by atoms with Crippen LogP contribution in [0, 0.1) is 11.8 Å². The Kier molecular flexibility index (Phi) is 3.39. The quantitative estimate of drug-likeness (QED) is 0.635. The number of hydrogen-bond acceptors (Lipinski definition) is 4. The number of para-hydroxylation sites is 1. The molecule has 136 valence electrons. The van der Waals surface area contributed by atoms with E-state index in [1.807, 2.05) is 11.3 Å². The molecule has 1 spiro atoms. The van der Waals surface area contributed by atoms with E-state index in [2.05, 4.69) is 71.0 Å². The molecular formula is C23H23N3S. The van der Waals surface area contributed by atoms with Gasteiger partial charge in [-0.2, -0.15) is 5.10 Å². The van der Waals surface area contributed by atoms with Crippen molar-refractivity contribution in [2.24, 2.45) is 16.9 Å². The Bertz CT molecular complexity index is 983. The highest BCUT2D eigenvalue weighted by Crippen LogP contribution is 2.52. The second kappa shape index (κ2) is 5.83. The summed E-state index contributed by atoms with van der Waals surface area (Å²) in [5.41, 5.74) is 4.87. The molecule has 3 aliphatic carbocycles. The fourth-order valence-electron chi connectivity index (χ4n) is 5.49. The number of rotatable bonds is 2. The molecule has 1 aliphatic heterocycles. The average Bonchev–Trinajstić information content (AvgIpc) is 3.31. The van der Waals surface area contributed by atoms with Gasteiger partial charge in [0.05, 0.1) is 4.88 Å². The van der Waals surface area contributed by atoms with E-state index in [-0.39, 0.29) is 5.66 Å². The smallest absolute Gasteiger partial charge is 0.172 e. The highest BCUT2D eigenvalue weighted by atomic mass is 32.1. The van der Waals surface area contributed by atoms with E-state index in [0.717, 1.165) is 11.8 Å². The van der Waals surface area contributed by atoms with Crippen LogP contribution in [-0.2, 0) is 0 Å². The standard InChI is InChI=1S/C23H23N3S/c1-2-7-19(8-3-1)26-22(21-14-17-6-4-5-9-20(17)27-21)24-25-23(26)15-16-10-12-18(23)13-11-16/h1-9,14,16,18,25H,10-13,15H2/t16?,18?,23-/m1/s1. The maximum Gasteiger partial charge on any atom is 0.172 e. The third-order valence-electron chi connectivity index (χ3n) is 6.75. The lowest BCUT2D eigenvalue weighted by Crippen LogP contribution is -2.64.